The number of benzene rings is 1. The van der Waals surface area contributed by atoms with E-state index in [2.05, 4.69) is 28.3 Å². The maximum atomic E-state index is 12.5. The van der Waals surface area contributed by atoms with E-state index in [-0.39, 0.29) is 11.9 Å². The lowest BCUT2D eigenvalue weighted by Gasteiger charge is -2.16. The van der Waals surface area contributed by atoms with E-state index in [1.54, 1.807) is 4.68 Å². The summed E-state index contributed by atoms with van der Waals surface area (Å²) in [6, 6.07) is 5.99. The highest BCUT2D eigenvalue weighted by atomic mass is 16.3. The minimum Gasteiger partial charge on any atom is -0.451 e. The molecule has 1 fully saturated rings. The van der Waals surface area contributed by atoms with E-state index in [0.717, 1.165) is 41.7 Å². The van der Waals surface area contributed by atoms with Gasteiger partial charge in [0.1, 0.15) is 5.58 Å². The molecule has 3 heterocycles. The van der Waals surface area contributed by atoms with E-state index in [4.69, 9.17) is 4.42 Å². The van der Waals surface area contributed by atoms with Crippen LogP contribution in [0.25, 0.3) is 11.0 Å². The number of anilines is 1. The van der Waals surface area contributed by atoms with Crippen LogP contribution >= 0.6 is 0 Å². The van der Waals surface area contributed by atoms with Gasteiger partial charge in [-0.3, -0.25) is 9.48 Å². The Bertz CT molecular complexity index is 901. The average molecular weight is 338 g/mol. The van der Waals surface area contributed by atoms with Gasteiger partial charge >= 0.3 is 0 Å². The number of hydrogen-bond donors (Lipinski definition) is 1. The Kier molecular flexibility index (Phi) is 3.75. The summed E-state index contributed by atoms with van der Waals surface area (Å²) in [7, 11) is 1.91. The molecule has 0 saturated carbocycles. The van der Waals surface area contributed by atoms with Crippen LogP contribution in [0.3, 0.4) is 0 Å². The molecule has 0 spiro atoms. The standard InChI is InChI=1S/C19H22N4O2/c1-12-6-14-8-18(25-17(14)7-13(12)2)19(24)21-15-4-5-23(10-15)16-9-20-22(3)11-16/h6-9,11,15H,4-5,10H2,1-3H3,(H,21,24). The van der Waals surface area contributed by atoms with Gasteiger partial charge in [0, 0.05) is 37.8 Å². The van der Waals surface area contributed by atoms with Gasteiger partial charge in [-0.05, 0) is 49.6 Å². The maximum absolute atomic E-state index is 12.5. The van der Waals surface area contributed by atoms with Gasteiger partial charge in [0.05, 0.1) is 11.9 Å². The fourth-order valence-electron chi connectivity index (χ4n) is 3.36. The monoisotopic (exact) mass is 338 g/mol. The summed E-state index contributed by atoms with van der Waals surface area (Å²) in [5.74, 6) is 0.226. The van der Waals surface area contributed by atoms with Gasteiger partial charge in [-0.25, -0.2) is 0 Å². The van der Waals surface area contributed by atoms with Gasteiger partial charge in [0.25, 0.3) is 5.91 Å². The van der Waals surface area contributed by atoms with Gasteiger partial charge in [-0.2, -0.15) is 5.10 Å². The molecule has 1 unspecified atom stereocenters. The molecule has 2 aromatic heterocycles. The fraction of sp³-hybridized carbons (Fsp3) is 0.368. The van der Waals surface area contributed by atoms with Crippen molar-refractivity contribution in [1.82, 2.24) is 15.1 Å². The molecule has 3 aromatic rings. The molecule has 6 nitrogen and oxygen atoms in total. The summed E-state index contributed by atoms with van der Waals surface area (Å²) in [5, 5.41) is 8.27. The van der Waals surface area contributed by atoms with E-state index in [0.29, 0.717) is 5.76 Å². The minimum atomic E-state index is -0.149. The smallest absolute Gasteiger partial charge is 0.287 e. The quantitative estimate of drug-likeness (QED) is 0.798. The van der Waals surface area contributed by atoms with Gasteiger partial charge in [0.15, 0.2) is 5.76 Å². The number of fused-ring (bicyclic) bond motifs is 1. The number of hydrogen-bond acceptors (Lipinski definition) is 4. The van der Waals surface area contributed by atoms with Crippen molar-refractivity contribution in [1.29, 1.82) is 0 Å². The van der Waals surface area contributed by atoms with Crippen LogP contribution in [0.4, 0.5) is 5.69 Å². The summed E-state index contributed by atoms with van der Waals surface area (Å²) < 4.78 is 7.54. The van der Waals surface area contributed by atoms with Crippen molar-refractivity contribution in [2.24, 2.45) is 7.05 Å². The van der Waals surface area contributed by atoms with Crippen LogP contribution in [0, 0.1) is 13.8 Å². The number of nitrogens with zero attached hydrogens (tertiary/aromatic N) is 3. The summed E-state index contributed by atoms with van der Waals surface area (Å²) in [5.41, 5.74) is 4.21. The van der Waals surface area contributed by atoms with Crippen molar-refractivity contribution in [3.63, 3.8) is 0 Å². The predicted octanol–water partition coefficient (Wildman–Crippen LogP) is 2.79. The topological polar surface area (TPSA) is 63.3 Å². The third-order valence-electron chi connectivity index (χ3n) is 4.94. The van der Waals surface area contributed by atoms with E-state index in [1.807, 2.05) is 38.5 Å². The molecule has 1 N–H and O–H groups in total. The van der Waals surface area contributed by atoms with Crippen LogP contribution < -0.4 is 10.2 Å². The highest BCUT2D eigenvalue weighted by Gasteiger charge is 2.26. The molecule has 0 aliphatic carbocycles. The predicted molar refractivity (Wildman–Crippen MR) is 97.0 cm³/mol. The molecular weight excluding hydrogens is 316 g/mol. The molecule has 0 bridgehead atoms. The van der Waals surface area contributed by atoms with Crippen molar-refractivity contribution in [2.45, 2.75) is 26.3 Å². The summed E-state index contributed by atoms with van der Waals surface area (Å²) in [4.78, 5) is 14.8. The number of carbonyl (C=O) groups is 1. The van der Waals surface area contributed by atoms with Gasteiger partial charge in [-0.15, -0.1) is 0 Å². The number of aryl methyl sites for hydroxylation is 3. The maximum Gasteiger partial charge on any atom is 0.287 e. The number of aromatic nitrogens is 2. The second kappa shape index (κ2) is 5.95. The average Bonchev–Trinajstić information content (AvgIpc) is 3.27. The lowest BCUT2D eigenvalue weighted by Crippen LogP contribution is -2.36. The SMILES string of the molecule is Cc1cc2cc(C(=O)NC3CCN(c4cnn(C)c4)C3)oc2cc1C. The molecule has 1 aliphatic heterocycles. The highest BCUT2D eigenvalue weighted by Crippen LogP contribution is 2.24. The molecule has 0 radical (unpaired) electrons. The van der Waals surface area contributed by atoms with E-state index < -0.39 is 0 Å². The fourth-order valence-corrected chi connectivity index (χ4v) is 3.36. The van der Waals surface area contributed by atoms with Crippen molar-refractivity contribution in [3.05, 3.63) is 47.5 Å². The Hall–Kier alpha value is -2.76. The number of nitrogens with one attached hydrogen (secondary N) is 1. The zero-order valence-electron chi connectivity index (χ0n) is 14.7. The van der Waals surface area contributed by atoms with Gasteiger partial charge < -0.3 is 14.6 Å². The van der Waals surface area contributed by atoms with Crippen molar-refractivity contribution < 1.29 is 9.21 Å². The Morgan fingerprint density at radius 2 is 2.08 bits per heavy atom. The third-order valence-corrected chi connectivity index (χ3v) is 4.94. The van der Waals surface area contributed by atoms with Crippen LogP contribution in [0.2, 0.25) is 0 Å². The number of carbonyl (C=O) groups excluding carboxylic acids is 1. The molecule has 25 heavy (non-hydrogen) atoms. The number of amides is 1. The first-order valence-electron chi connectivity index (χ1n) is 8.55. The molecule has 1 atom stereocenters. The van der Waals surface area contributed by atoms with Crippen LogP contribution in [0.1, 0.15) is 28.1 Å². The summed E-state index contributed by atoms with van der Waals surface area (Å²) in [6.45, 7) is 5.81. The molecule has 1 amide bonds. The van der Waals surface area contributed by atoms with Crippen LogP contribution in [0.15, 0.2) is 35.0 Å². The Balaban J connectivity index is 1.45. The van der Waals surface area contributed by atoms with Crippen molar-refractivity contribution in [3.8, 4) is 0 Å². The molecule has 1 aromatic carbocycles. The van der Waals surface area contributed by atoms with E-state index in [1.165, 1.54) is 5.56 Å². The largest absolute Gasteiger partial charge is 0.451 e. The molecule has 130 valence electrons. The Morgan fingerprint density at radius 3 is 2.84 bits per heavy atom. The minimum absolute atomic E-state index is 0.115. The lowest BCUT2D eigenvalue weighted by atomic mass is 10.1. The summed E-state index contributed by atoms with van der Waals surface area (Å²) in [6.07, 6.45) is 4.77. The number of furan rings is 1. The number of rotatable bonds is 3. The van der Waals surface area contributed by atoms with E-state index >= 15 is 0 Å². The highest BCUT2D eigenvalue weighted by molar-refractivity contribution is 5.96. The molecular formula is C19H22N4O2. The normalized spacial score (nSPS) is 17.4. The first-order chi connectivity index (χ1) is 12.0. The molecule has 1 aliphatic rings. The Morgan fingerprint density at radius 1 is 1.28 bits per heavy atom. The van der Waals surface area contributed by atoms with Crippen molar-refractivity contribution >= 4 is 22.6 Å². The first-order valence-corrected chi connectivity index (χ1v) is 8.55. The lowest BCUT2D eigenvalue weighted by molar-refractivity contribution is 0.0914. The zero-order valence-corrected chi connectivity index (χ0v) is 14.7. The zero-order chi connectivity index (χ0) is 17.6. The molecule has 4 rings (SSSR count). The van der Waals surface area contributed by atoms with Crippen molar-refractivity contribution in [2.75, 3.05) is 18.0 Å². The second-order valence-corrected chi connectivity index (χ2v) is 6.86. The van der Waals surface area contributed by atoms with Crippen LogP contribution in [-0.4, -0.2) is 34.8 Å². The van der Waals surface area contributed by atoms with Gasteiger partial charge in [-0.1, -0.05) is 0 Å². The third kappa shape index (κ3) is 2.99. The van der Waals surface area contributed by atoms with E-state index in [9.17, 15) is 4.79 Å². The summed E-state index contributed by atoms with van der Waals surface area (Å²) >= 11 is 0. The molecule has 1 saturated heterocycles. The Labute approximate surface area is 146 Å². The second-order valence-electron chi connectivity index (χ2n) is 6.86. The van der Waals surface area contributed by atoms with Crippen LogP contribution in [0.5, 0.6) is 0 Å². The first kappa shape index (κ1) is 15.7. The van der Waals surface area contributed by atoms with Gasteiger partial charge in [0.2, 0.25) is 0 Å². The molecule has 6 heteroatoms. The van der Waals surface area contributed by atoms with Crippen LogP contribution in [-0.2, 0) is 7.05 Å².